The Balaban J connectivity index is 0. The molecule has 16 nitrogen and oxygen atoms in total. The zero-order valence-electron chi connectivity index (χ0n) is 32.9. The number of H-pyrrole nitrogens is 1. The van der Waals surface area contributed by atoms with Gasteiger partial charge in [0.05, 0.1) is 31.1 Å². The van der Waals surface area contributed by atoms with E-state index < -0.39 is 13.1 Å². The van der Waals surface area contributed by atoms with E-state index in [0.717, 1.165) is 21.8 Å². The van der Waals surface area contributed by atoms with Crippen molar-refractivity contribution in [1.29, 1.82) is 0 Å². The molecule has 0 fully saturated rings. The van der Waals surface area contributed by atoms with Crippen LogP contribution in [0, 0.1) is 23.4 Å². The minimum absolute atomic E-state index is 0. The number of carboxylic acid groups (broad SMARTS) is 1. The molecule has 0 atom stereocenters. The molecule has 0 unspecified atom stereocenters. The Labute approximate surface area is 457 Å². The molecule has 0 bridgehead atoms. The first-order valence-electron chi connectivity index (χ1n) is 16.5. The molecule has 64 heavy (non-hydrogen) atoms. The summed E-state index contributed by atoms with van der Waals surface area (Å²) in [6.45, 7) is 21.5. The van der Waals surface area contributed by atoms with Gasteiger partial charge in [-0.2, -0.15) is 5.10 Å². The van der Waals surface area contributed by atoms with Crippen LogP contribution in [0.2, 0.25) is 20.6 Å². The van der Waals surface area contributed by atoms with Gasteiger partial charge in [0.25, 0.3) is 11.5 Å². The Morgan fingerprint density at radius 3 is 1.38 bits per heavy atom. The van der Waals surface area contributed by atoms with Crippen molar-refractivity contribution in [2.75, 3.05) is 0 Å². The van der Waals surface area contributed by atoms with Crippen LogP contribution in [0.1, 0.15) is 6.92 Å². The molecule has 0 aliphatic rings. The Morgan fingerprint density at radius 1 is 0.625 bits per heavy atom. The number of hydrogen-bond acceptors (Lipinski definition) is 11. The van der Waals surface area contributed by atoms with Crippen molar-refractivity contribution < 1.29 is 73.5 Å². The van der Waals surface area contributed by atoms with Crippen molar-refractivity contribution in [3.8, 4) is 22.5 Å². The average molecular weight is 1290 g/mol. The first-order chi connectivity index (χ1) is 29.1. The number of nitrogens with zero attached hydrogens (tertiary/aromatic N) is 10. The predicted octanol–water partition coefficient (Wildman–Crippen LogP) is 3.49. The number of benzene rings is 3. The van der Waals surface area contributed by atoms with Crippen LogP contribution in [0.15, 0.2) is 126 Å². The number of halogens is 7. The zero-order valence-corrected chi connectivity index (χ0v) is 44.6. The minimum Gasteiger partial charge on any atom is -1.00 e. The van der Waals surface area contributed by atoms with Crippen LogP contribution in [0.4, 0.5) is 17.1 Å². The van der Waals surface area contributed by atoms with Crippen LogP contribution in [0.3, 0.4) is 0 Å². The van der Waals surface area contributed by atoms with Crippen LogP contribution in [-0.4, -0.2) is 69.0 Å². The van der Waals surface area contributed by atoms with Gasteiger partial charge in [0.1, 0.15) is 3.70 Å². The van der Waals surface area contributed by atoms with Crippen molar-refractivity contribution >= 4 is 129 Å². The molecular weight excluding hydrogens is 1260 g/mol. The van der Waals surface area contributed by atoms with Gasteiger partial charge >= 0.3 is 36.7 Å². The summed E-state index contributed by atoms with van der Waals surface area (Å²) in [5, 5.41) is 54.4. The summed E-state index contributed by atoms with van der Waals surface area (Å²) in [7, 11) is -1.49. The van der Waals surface area contributed by atoms with Crippen molar-refractivity contribution in [1.82, 2.24) is 40.8 Å². The summed E-state index contributed by atoms with van der Waals surface area (Å²) in [6, 6.07) is 33.7. The van der Waals surface area contributed by atoms with Gasteiger partial charge in [-0.05, 0) is 93.8 Å². The van der Waals surface area contributed by atoms with E-state index >= 15 is 0 Å². The van der Waals surface area contributed by atoms with Gasteiger partial charge in [-0.15, -0.1) is 54.6 Å². The van der Waals surface area contributed by atoms with Crippen LogP contribution >= 0.6 is 93.0 Å². The number of aromatic nitrogens is 8. The maximum atomic E-state index is 10.8. The van der Waals surface area contributed by atoms with E-state index in [1.54, 1.807) is 91.0 Å². The van der Waals surface area contributed by atoms with Crippen LogP contribution in [-0.2, 0) is 4.79 Å². The second-order valence-electron chi connectivity index (χ2n) is 10.8. The van der Waals surface area contributed by atoms with Crippen LogP contribution < -0.4 is 64.6 Å². The SMILES string of the molecule is CC(=O)O.Clc1ccc(Cl)nn1.Clc1ccc(I)nn1.I.[C-]#[N+]c1cccc(-c2ccc(=O)[nH]n2)c1.[C-]#[N+]c1cccc(-c2ccc(Cl)nn2)c1.[C-]#[N+]c1cccc(B(O)O)c1.[I-].[Na+]. The number of aliphatic carboxylic acids is 1. The number of hydrogen-bond donors (Lipinski definition) is 4. The molecule has 0 amide bonds. The van der Waals surface area contributed by atoms with Crippen molar-refractivity contribution in [3.63, 3.8) is 0 Å². The largest absolute Gasteiger partial charge is 1.00 e. The second kappa shape index (κ2) is 35.3. The standard InChI is InChI=1S/C11H6ClN3.C11H7N3O.C7H6BNO2.C4H2Cl2N2.C4H2ClIN2.C2H4O2.2HI.Na/c1-13-9-4-2-3-8(7-9)10-5-6-11(12)15-14-10;1-12-9-4-2-3-8(7-9)10-5-6-11(15)14-13-10;1-9-7-4-2-3-6(5-7)8(10)11;2*5-3-1-2-4(6)8-7-3;1-2(3)4;;;/h2-7H;2-7H,(H,14,15);2-5,10-11H;2*1-2H;1H3,(H,3,4);2*1H;/q;;;;;;;;+1/p-1. The molecule has 0 spiro atoms. The predicted molar refractivity (Wildman–Crippen MR) is 258 cm³/mol. The molecule has 0 saturated heterocycles. The monoisotopic (exact) mass is 1280 g/mol. The van der Waals surface area contributed by atoms with E-state index in [2.05, 4.69) is 77.9 Å². The number of nitrogens with one attached hydrogen (secondary N) is 1. The summed E-state index contributed by atoms with van der Waals surface area (Å²) in [6.07, 6.45) is 0. The summed E-state index contributed by atoms with van der Waals surface area (Å²) in [4.78, 5) is 29.6. The summed E-state index contributed by atoms with van der Waals surface area (Å²) in [5.41, 5.74) is 4.72. The fraction of sp³-hybridized carbons (Fsp3) is 0.0256. The molecule has 25 heteroatoms. The first kappa shape index (κ1) is 62.1. The molecule has 0 aliphatic carbocycles. The topological polar surface area (TPSA) is 214 Å². The number of carboxylic acids is 1. The van der Waals surface area contributed by atoms with E-state index in [1.165, 1.54) is 12.1 Å². The van der Waals surface area contributed by atoms with Crippen molar-refractivity contribution in [2.24, 2.45) is 0 Å². The van der Waals surface area contributed by atoms with E-state index in [4.69, 9.17) is 86.1 Å². The van der Waals surface area contributed by atoms with Gasteiger partial charge in [0, 0.05) is 13.0 Å². The van der Waals surface area contributed by atoms with E-state index in [-0.39, 0.29) is 83.1 Å². The summed E-state index contributed by atoms with van der Waals surface area (Å²) >= 11 is 23.9. The zero-order chi connectivity index (χ0) is 45.2. The molecule has 0 saturated carbocycles. The van der Waals surface area contributed by atoms with Gasteiger partial charge in [-0.25, -0.2) is 19.6 Å². The molecule has 4 N–H and O–H groups in total. The Hall–Kier alpha value is -3.95. The Bertz CT molecular complexity index is 2550. The van der Waals surface area contributed by atoms with Crippen LogP contribution in [0.25, 0.3) is 37.0 Å². The maximum absolute atomic E-state index is 10.8. The molecular formula is C39H28BCl4I3N11NaO5. The van der Waals surface area contributed by atoms with Gasteiger partial charge < -0.3 is 39.1 Å². The van der Waals surface area contributed by atoms with Crippen LogP contribution in [0.5, 0.6) is 0 Å². The van der Waals surface area contributed by atoms with E-state index in [1.807, 2.05) is 18.2 Å². The molecule has 322 valence electrons. The Morgan fingerprint density at radius 2 is 1.02 bits per heavy atom. The summed E-state index contributed by atoms with van der Waals surface area (Å²) in [5.74, 6) is -0.833. The van der Waals surface area contributed by atoms with Gasteiger partial charge in [-0.3, -0.25) is 9.59 Å². The third kappa shape index (κ3) is 26.7. The van der Waals surface area contributed by atoms with Gasteiger partial charge in [-0.1, -0.05) is 107 Å². The number of rotatable bonds is 3. The molecule has 7 aromatic rings. The van der Waals surface area contributed by atoms with Crippen molar-refractivity contribution in [3.05, 3.63) is 190 Å². The van der Waals surface area contributed by atoms with E-state index in [9.17, 15) is 4.79 Å². The molecule has 0 radical (unpaired) electrons. The normalized spacial score (nSPS) is 8.70. The number of aromatic amines is 1. The third-order valence-corrected chi connectivity index (χ3v) is 7.73. The fourth-order valence-electron chi connectivity index (χ4n) is 3.80. The molecule has 4 aromatic heterocycles. The molecule has 4 heterocycles. The average Bonchev–Trinajstić information content (AvgIpc) is 3.27. The quantitative estimate of drug-likeness (QED) is 0.114. The fourth-order valence-corrected chi connectivity index (χ4v) is 4.49. The Kier molecular flexibility index (Phi) is 34.3. The maximum Gasteiger partial charge on any atom is 1.00 e. The van der Waals surface area contributed by atoms with Gasteiger partial charge in [0.2, 0.25) is 0 Å². The minimum atomic E-state index is -1.49. The first-order valence-corrected chi connectivity index (χ1v) is 19.1. The molecule has 7 rings (SSSR count). The molecule has 3 aromatic carbocycles. The number of carbonyl (C=O) groups is 1. The van der Waals surface area contributed by atoms with Gasteiger partial charge in [0.15, 0.2) is 37.7 Å². The third-order valence-electron chi connectivity index (χ3n) is 6.35. The summed E-state index contributed by atoms with van der Waals surface area (Å²) < 4.78 is 0.854. The van der Waals surface area contributed by atoms with E-state index in [0.29, 0.717) is 54.5 Å². The molecule has 0 aliphatic heterocycles. The second-order valence-corrected chi connectivity index (χ2v) is 13.5. The smallest absolute Gasteiger partial charge is 1.00 e. The van der Waals surface area contributed by atoms with Crippen molar-refractivity contribution in [2.45, 2.75) is 6.92 Å².